The Hall–Kier alpha value is -3.12. The number of carbonyl (C=O) groups excluding carboxylic acids is 1. The van der Waals surface area contributed by atoms with E-state index in [1.165, 1.54) is 7.05 Å². The zero-order chi connectivity index (χ0) is 19.4. The van der Waals surface area contributed by atoms with Crippen molar-refractivity contribution in [3.8, 4) is 22.7 Å². The number of amides is 1. The van der Waals surface area contributed by atoms with Gasteiger partial charge in [0.2, 0.25) is 5.91 Å². The summed E-state index contributed by atoms with van der Waals surface area (Å²) in [4.78, 5) is 11.7. The molecule has 0 saturated heterocycles. The Morgan fingerprint density at radius 3 is 2.56 bits per heavy atom. The van der Waals surface area contributed by atoms with Gasteiger partial charge in [0.25, 0.3) is 0 Å². The average molecular weight is 365 g/mol. The SMILES string of the molecule is COc1ccc(-n2nc(CCC(=O)N(C)O)cc2-c2cccc(C)c2)cc1. The summed E-state index contributed by atoms with van der Waals surface area (Å²) in [5.74, 6) is 0.436. The summed E-state index contributed by atoms with van der Waals surface area (Å²) in [7, 11) is 2.96. The highest BCUT2D eigenvalue weighted by Crippen LogP contribution is 2.26. The molecule has 1 aromatic heterocycles. The fraction of sp³-hybridized carbons (Fsp3) is 0.238. The highest BCUT2D eigenvalue weighted by atomic mass is 16.5. The Labute approximate surface area is 158 Å². The second kappa shape index (κ2) is 8.05. The van der Waals surface area contributed by atoms with Crippen LogP contribution in [0, 0.1) is 6.92 Å². The molecule has 0 bridgehead atoms. The van der Waals surface area contributed by atoms with Gasteiger partial charge in [-0.2, -0.15) is 5.10 Å². The molecule has 6 heteroatoms. The van der Waals surface area contributed by atoms with E-state index in [-0.39, 0.29) is 12.3 Å². The first-order valence-corrected chi connectivity index (χ1v) is 8.74. The molecule has 2 aromatic carbocycles. The van der Waals surface area contributed by atoms with E-state index in [9.17, 15) is 10.0 Å². The topological polar surface area (TPSA) is 67.6 Å². The third kappa shape index (κ3) is 4.35. The van der Waals surface area contributed by atoms with Gasteiger partial charge in [-0.25, -0.2) is 9.75 Å². The normalized spacial score (nSPS) is 10.7. The molecule has 140 valence electrons. The quantitative estimate of drug-likeness (QED) is 0.535. The predicted molar refractivity (Wildman–Crippen MR) is 103 cm³/mol. The van der Waals surface area contributed by atoms with Gasteiger partial charge in [-0.3, -0.25) is 10.0 Å². The molecule has 1 heterocycles. The molecule has 27 heavy (non-hydrogen) atoms. The number of hydrogen-bond acceptors (Lipinski definition) is 4. The molecule has 0 aliphatic heterocycles. The van der Waals surface area contributed by atoms with E-state index in [1.54, 1.807) is 7.11 Å². The van der Waals surface area contributed by atoms with Crippen molar-refractivity contribution in [2.45, 2.75) is 19.8 Å². The lowest BCUT2D eigenvalue weighted by atomic mass is 10.1. The third-order valence-electron chi connectivity index (χ3n) is 4.35. The number of nitrogens with zero attached hydrogens (tertiary/aromatic N) is 3. The number of hydroxylamine groups is 2. The van der Waals surface area contributed by atoms with Crippen molar-refractivity contribution in [2.75, 3.05) is 14.2 Å². The van der Waals surface area contributed by atoms with Crippen LogP contribution in [0.5, 0.6) is 5.75 Å². The lowest BCUT2D eigenvalue weighted by Gasteiger charge is -2.09. The minimum atomic E-state index is -0.342. The van der Waals surface area contributed by atoms with Crippen LogP contribution in [-0.4, -0.2) is 40.1 Å². The van der Waals surface area contributed by atoms with Crippen molar-refractivity contribution in [3.63, 3.8) is 0 Å². The van der Waals surface area contributed by atoms with Crippen molar-refractivity contribution in [3.05, 3.63) is 65.9 Å². The molecule has 1 N–H and O–H groups in total. The molecule has 0 aliphatic rings. The molecule has 0 fully saturated rings. The van der Waals surface area contributed by atoms with Crippen LogP contribution in [0.2, 0.25) is 0 Å². The van der Waals surface area contributed by atoms with Crippen LogP contribution in [-0.2, 0) is 11.2 Å². The van der Waals surface area contributed by atoms with Crippen molar-refractivity contribution < 1.29 is 14.7 Å². The van der Waals surface area contributed by atoms with Gasteiger partial charge in [0.1, 0.15) is 5.75 Å². The number of ether oxygens (including phenoxy) is 1. The number of hydrogen-bond donors (Lipinski definition) is 1. The predicted octanol–water partition coefficient (Wildman–Crippen LogP) is 3.64. The van der Waals surface area contributed by atoms with E-state index in [0.29, 0.717) is 11.5 Å². The van der Waals surface area contributed by atoms with Crippen LogP contribution in [0.4, 0.5) is 0 Å². The van der Waals surface area contributed by atoms with E-state index >= 15 is 0 Å². The van der Waals surface area contributed by atoms with E-state index < -0.39 is 0 Å². The summed E-state index contributed by atoms with van der Waals surface area (Å²) >= 11 is 0. The highest BCUT2D eigenvalue weighted by Gasteiger charge is 2.14. The molecule has 0 saturated carbocycles. The summed E-state index contributed by atoms with van der Waals surface area (Å²) in [5.41, 5.74) is 4.86. The van der Waals surface area contributed by atoms with Crippen molar-refractivity contribution in [2.24, 2.45) is 0 Å². The molecule has 6 nitrogen and oxygen atoms in total. The Bertz CT molecular complexity index is 930. The highest BCUT2D eigenvalue weighted by molar-refractivity contribution is 5.75. The molecule has 0 spiro atoms. The standard InChI is InChI=1S/C21H23N3O3/c1-15-5-4-6-16(13-15)20-14-17(7-12-21(25)23(2)26)22-24(20)18-8-10-19(27-3)11-9-18/h4-6,8-11,13-14,26H,7,12H2,1-3H3. The fourth-order valence-corrected chi connectivity index (χ4v) is 2.88. The molecular weight excluding hydrogens is 342 g/mol. The van der Waals surface area contributed by atoms with Gasteiger partial charge in [0, 0.05) is 25.5 Å². The minimum absolute atomic E-state index is 0.194. The largest absolute Gasteiger partial charge is 0.497 e. The Balaban J connectivity index is 1.99. The van der Waals surface area contributed by atoms with Gasteiger partial charge in [-0.15, -0.1) is 0 Å². The maximum Gasteiger partial charge on any atom is 0.246 e. The van der Waals surface area contributed by atoms with Crippen molar-refractivity contribution in [1.82, 2.24) is 14.8 Å². The molecule has 3 rings (SSSR count). The van der Waals surface area contributed by atoms with Gasteiger partial charge < -0.3 is 4.74 Å². The zero-order valence-electron chi connectivity index (χ0n) is 15.7. The second-order valence-electron chi connectivity index (χ2n) is 6.42. The molecule has 0 unspecified atom stereocenters. The molecule has 1 amide bonds. The van der Waals surface area contributed by atoms with Crippen LogP contribution in [0.1, 0.15) is 17.7 Å². The molecule has 3 aromatic rings. The van der Waals surface area contributed by atoms with E-state index in [1.807, 2.05) is 60.1 Å². The number of carbonyl (C=O) groups is 1. The summed E-state index contributed by atoms with van der Waals surface area (Å²) < 4.78 is 7.10. The Morgan fingerprint density at radius 2 is 1.93 bits per heavy atom. The van der Waals surface area contributed by atoms with Gasteiger partial charge in [0.15, 0.2) is 0 Å². The minimum Gasteiger partial charge on any atom is -0.497 e. The first-order chi connectivity index (χ1) is 13.0. The van der Waals surface area contributed by atoms with Gasteiger partial charge in [0.05, 0.1) is 24.2 Å². The van der Waals surface area contributed by atoms with Crippen LogP contribution >= 0.6 is 0 Å². The number of aromatic nitrogens is 2. The van der Waals surface area contributed by atoms with Gasteiger partial charge in [-0.05, 0) is 43.3 Å². The summed E-state index contributed by atoms with van der Waals surface area (Å²) in [6, 6.07) is 17.9. The second-order valence-corrected chi connectivity index (χ2v) is 6.42. The van der Waals surface area contributed by atoms with Crippen LogP contribution < -0.4 is 4.74 Å². The van der Waals surface area contributed by atoms with Crippen molar-refractivity contribution in [1.29, 1.82) is 0 Å². The van der Waals surface area contributed by atoms with Crippen molar-refractivity contribution >= 4 is 5.91 Å². The van der Waals surface area contributed by atoms with Crippen LogP contribution in [0.25, 0.3) is 16.9 Å². The van der Waals surface area contributed by atoms with Crippen LogP contribution in [0.3, 0.4) is 0 Å². The number of aryl methyl sites for hydroxylation is 2. The molecule has 0 radical (unpaired) electrons. The van der Waals surface area contributed by atoms with Gasteiger partial charge in [-0.1, -0.05) is 23.8 Å². The van der Waals surface area contributed by atoms with E-state index in [0.717, 1.165) is 34.0 Å². The number of rotatable bonds is 6. The Kier molecular flexibility index (Phi) is 5.57. The van der Waals surface area contributed by atoms with E-state index in [2.05, 4.69) is 6.07 Å². The third-order valence-corrected chi connectivity index (χ3v) is 4.35. The smallest absolute Gasteiger partial charge is 0.246 e. The first kappa shape index (κ1) is 18.7. The molecule has 0 atom stereocenters. The molecular formula is C21H23N3O3. The summed E-state index contributed by atoms with van der Waals surface area (Å²) in [6.45, 7) is 2.05. The van der Waals surface area contributed by atoms with Gasteiger partial charge >= 0.3 is 0 Å². The van der Waals surface area contributed by atoms with Crippen LogP contribution in [0.15, 0.2) is 54.6 Å². The van der Waals surface area contributed by atoms with E-state index in [4.69, 9.17) is 9.84 Å². The monoisotopic (exact) mass is 365 g/mol. The molecule has 0 aliphatic carbocycles. The first-order valence-electron chi connectivity index (χ1n) is 8.74. The number of methoxy groups -OCH3 is 1. The zero-order valence-corrected chi connectivity index (χ0v) is 15.7. The summed E-state index contributed by atoms with van der Waals surface area (Å²) in [6.07, 6.45) is 0.644. The Morgan fingerprint density at radius 1 is 1.19 bits per heavy atom. The lowest BCUT2D eigenvalue weighted by molar-refractivity contribution is -0.159. The summed E-state index contributed by atoms with van der Waals surface area (Å²) in [5, 5.41) is 14.6. The lowest BCUT2D eigenvalue weighted by Crippen LogP contribution is -2.22. The maximum atomic E-state index is 11.7. The number of benzene rings is 2. The fourth-order valence-electron chi connectivity index (χ4n) is 2.88. The average Bonchev–Trinajstić information content (AvgIpc) is 3.10. The maximum absolute atomic E-state index is 11.7.